The van der Waals surface area contributed by atoms with Crippen molar-refractivity contribution < 1.29 is 4.79 Å². The first-order valence-corrected chi connectivity index (χ1v) is 9.00. The third-order valence-corrected chi connectivity index (χ3v) is 5.88. The fourth-order valence-corrected chi connectivity index (χ4v) is 4.76. The Morgan fingerprint density at radius 2 is 2.30 bits per heavy atom. The Balaban J connectivity index is 1.76. The third-order valence-electron chi connectivity index (χ3n) is 4.74. The molecule has 2 aromatic heterocycles. The number of likely N-dealkylation sites (tertiary alicyclic amines) is 1. The van der Waals surface area contributed by atoms with E-state index < -0.39 is 0 Å². The van der Waals surface area contributed by atoms with Crippen LogP contribution in [-0.4, -0.2) is 40.0 Å². The summed E-state index contributed by atoms with van der Waals surface area (Å²) in [5, 5.41) is 4.11. The van der Waals surface area contributed by atoms with Gasteiger partial charge in [-0.1, -0.05) is 6.92 Å². The molecule has 2 aliphatic heterocycles. The van der Waals surface area contributed by atoms with E-state index in [1.165, 1.54) is 4.88 Å². The monoisotopic (exact) mass is 332 g/mol. The molecule has 6 nitrogen and oxygen atoms in total. The minimum Gasteiger partial charge on any atom is -0.341 e. The van der Waals surface area contributed by atoms with E-state index in [4.69, 9.17) is 0 Å². The molecule has 1 fully saturated rings. The second-order valence-corrected chi connectivity index (χ2v) is 7.35. The summed E-state index contributed by atoms with van der Waals surface area (Å²) in [6, 6.07) is -0.0873. The fourth-order valence-electron chi connectivity index (χ4n) is 3.61. The highest BCUT2D eigenvalue weighted by molar-refractivity contribution is 7.18. The number of hydrogen-bond acceptors (Lipinski definition) is 5. The molecule has 0 spiro atoms. The molecule has 4 heterocycles. The molecule has 0 bridgehead atoms. The van der Waals surface area contributed by atoms with Crippen LogP contribution in [0.3, 0.4) is 0 Å². The van der Waals surface area contributed by atoms with E-state index in [1.807, 2.05) is 4.90 Å². The van der Waals surface area contributed by atoms with Crippen molar-refractivity contribution in [3.63, 3.8) is 0 Å². The van der Waals surface area contributed by atoms with Crippen molar-refractivity contribution in [3.05, 3.63) is 27.1 Å². The lowest BCUT2D eigenvalue weighted by Crippen LogP contribution is -2.30. The Morgan fingerprint density at radius 3 is 3.13 bits per heavy atom. The molecule has 4 rings (SSSR count). The molecular weight excluding hydrogens is 312 g/mol. The van der Waals surface area contributed by atoms with Crippen LogP contribution in [0.1, 0.15) is 36.2 Å². The number of rotatable bonds is 3. The maximum absolute atomic E-state index is 13.0. The summed E-state index contributed by atoms with van der Waals surface area (Å²) in [6.45, 7) is 5.17. The molecule has 0 aromatic carbocycles. The Morgan fingerprint density at radius 1 is 1.43 bits per heavy atom. The van der Waals surface area contributed by atoms with E-state index in [1.54, 1.807) is 22.2 Å². The highest BCUT2D eigenvalue weighted by atomic mass is 32.1. The van der Waals surface area contributed by atoms with Gasteiger partial charge in [0.25, 0.3) is 5.56 Å². The summed E-state index contributed by atoms with van der Waals surface area (Å²) in [7, 11) is 0. The average Bonchev–Trinajstić information content (AvgIpc) is 3.09. The van der Waals surface area contributed by atoms with Gasteiger partial charge in [-0.05, 0) is 24.9 Å². The Labute approximate surface area is 138 Å². The predicted octanol–water partition coefficient (Wildman–Crippen LogP) is 1.29. The molecule has 0 unspecified atom stereocenters. The largest absolute Gasteiger partial charge is 0.341 e. The van der Waals surface area contributed by atoms with Crippen LogP contribution in [0.25, 0.3) is 10.2 Å². The van der Waals surface area contributed by atoms with Gasteiger partial charge in [0.1, 0.15) is 4.83 Å². The van der Waals surface area contributed by atoms with Crippen LogP contribution in [0.15, 0.2) is 11.1 Å². The molecule has 0 radical (unpaired) electrons. The highest BCUT2D eigenvalue weighted by Crippen LogP contribution is 2.30. The van der Waals surface area contributed by atoms with Crippen LogP contribution in [0.5, 0.6) is 0 Å². The maximum Gasteiger partial charge on any atom is 0.262 e. The second kappa shape index (κ2) is 5.72. The van der Waals surface area contributed by atoms with Gasteiger partial charge in [0, 0.05) is 30.9 Å². The van der Waals surface area contributed by atoms with Crippen LogP contribution < -0.4 is 10.9 Å². The zero-order chi connectivity index (χ0) is 16.0. The molecule has 23 heavy (non-hydrogen) atoms. The summed E-state index contributed by atoms with van der Waals surface area (Å²) < 4.78 is 1.69. The van der Waals surface area contributed by atoms with E-state index in [2.05, 4.69) is 17.2 Å². The molecular formula is C16H20N4O2S. The number of carbonyl (C=O) groups excluding carboxylic acids is 1. The first-order valence-electron chi connectivity index (χ1n) is 8.19. The Hall–Kier alpha value is -1.73. The molecule has 0 aliphatic carbocycles. The summed E-state index contributed by atoms with van der Waals surface area (Å²) in [5.41, 5.74) is 1.18. The van der Waals surface area contributed by atoms with Gasteiger partial charge in [0.05, 0.1) is 17.8 Å². The van der Waals surface area contributed by atoms with Gasteiger partial charge >= 0.3 is 0 Å². The fraction of sp³-hybridized carbons (Fsp3) is 0.562. The molecule has 7 heteroatoms. The maximum atomic E-state index is 13.0. The third kappa shape index (κ3) is 2.38. The Bertz CT molecular complexity index is 825. The van der Waals surface area contributed by atoms with E-state index in [9.17, 15) is 9.59 Å². The lowest BCUT2D eigenvalue weighted by molar-refractivity contribution is -0.127. The van der Waals surface area contributed by atoms with Crippen molar-refractivity contribution in [2.24, 2.45) is 0 Å². The lowest BCUT2D eigenvalue weighted by atomic mass is 10.1. The lowest BCUT2D eigenvalue weighted by Gasteiger charge is -2.16. The number of amides is 1. The topological polar surface area (TPSA) is 67.2 Å². The normalized spacial score (nSPS) is 21.2. The van der Waals surface area contributed by atoms with E-state index in [-0.39, 0.29) is 17.5 Å². The van der Waals surface area contributed by atoms with Crippen LogP contribution in [0.2, 0.25) is 0 Å². The Kier molecular flexibility index (Phi) is 3.69. The van der Waals surface area contributed by atoms with Crippen LogP contribution in [0, 0.1) is 0 Å². The van der Waals surface area contributed by atoms with Crippen LogP contribution in [-0.2, 0) is 17.8 Å². The van der Waals surface area contributed by atoms with Gasteiger partial charge in [-0.25, -0.2) is 4.98 Å². The number of hydrogen-bond donors (Lipinski definition) is 1. The van der Waals surface area contributed by atoms with Crippen LogP contribution in [0.4, 0.5) is 0 Å². The van der Waals surface area contributed by atoms with E-state index >= 15 is 0 Å². The summed E-state index contributed by atoms with van der Waals surface area (Å²) in [6.07, 6.45) is 3.85. The van der Waals surface area contributed by atoms with Crippen molar-refractivity contribution in [1.29, 1.82) is 0 Å². The molecule has 1 atom stereocenters. The molecule has 0 saturated carbocycles. The number of thiophene rings is 1. The molecule has 1 amide bonds. The predicted molar refractivity (Wildman–Crippen MR) is 89.8 cm³/mol. The summed E-state index contributed by atoms with van der Waals surface area (Å²) >= 11 is 1.61. The quantitative estimate of drug-likeness (QED) is 0.920. The number of aromatic nitrogens is 2. The zero-order valence-electron chi connectivity index (χ0n) is 13.2. The van der Waals surface area contributed by atoms with Crippen LogP contribution >= 0.6 is 11.3 Å². The SMILES string of the molecule is CCCN1C[C@@H](n2cnc3sc4c(c3c2=O)CCNC4)CC1=O. The summed E-state index contributed by atoms with van der Waals surface area (Å²) in [4.78, 5) is 33.5. The van der Waals surface area contributed by atoms with Crippen molar-refractivity contribution in [3.8, 4) is 0 Å². The van der Waals surface area contributed by atoms with Crippen molar-refractivity contribution >= 4 is 27.5 Å². The molecule has 2 aliphatic rings. The highest BCUT2D eigenvalue weighted by Gasteiger charge is 2.31. The van der Waals surface area contributed by atoms with Crippen molar-refractivity contribution in [1.82, 2.24) is 19.8 Å². The average molecular weight is 332 g/mol. The first-order chi connectivity index (χ1) is 11.2. The summed E-state index contributed by atoms with van der Waals surface area (Å²) in [5.74, 6) is 0.139. The minimum atomic E-state index is -0.0873. The van der Waals surface area contributed by atoms with Gasteiger partial charge in [-0.3, -0.25) is 14.2 Å². The van der Waals surface area contributed by atoms with E-state index in [0.717, 1.165) is 48.3 Å². The molecule has 122 valence electrons. The number of carbonyl (C=O) groups is 1. The van der Waals surface area contributed by atoms with Gasteiger partial charge < -0.3 is 10.2 Å². The molecule has 1 N–H and O–H groups in total. The standard InChI is InChI=1S/C16H20N4O2S/c1-2-5-19-8-10(6-13(19)21)20-9-18-15-14(16(20)22)11-3-4-17-7-12(11)23-15/h9-10,17H,2-8H2,1H3/t10-/m0/s1. The van der Waals surface area contributed by atoms with Gasteiger partial charge in [0.15, 0.2) is 0 Å². The smallest absolute Gasteiger partial charge is 0.262 e. The van der Waals surface area contributed by atoms with Gasteiger partial charge in [0.2, 0.25) is 5.91 Å². The number of nitrogens with zero attached hydrogens (tertiary/aromatic N) is 3. The van der Waals surface area contributed by atoms with Gasteiger partial charge in [-0.2, -0.15) is 0 Å². The first kappa shape index (κ1) is 14.8. The molecule has 2 aromatic rings. The van der Waals surface area contributed by atoms with Gasteiger partial charge in [-0.15, -0.1) is 11.3 Å². The number of fused-ring (bicyclic) bond motifs is 3. The number of nitrogens with one attached hydrogen (secondary N) is 1. The van der Waals surface area contributed by atoms with Crippen molar-refractivity contribution in [2.75, 3.05) is 19.6 Å². The zero-order valence-corrected chi connectivity index (χ0v) is 14.0. The molecule has 1 saturated heterocycles. The van der Waals surface area contributed by atoms with E-state index in [0.29, 0.717) is 13.0 Å². The van der Waals surface area contributed by atoms with Crippen molar-refractivity contribution in [2.45, 2.75) is 38.8 Å². The second-order valence-electron chi connectivity index (χ2n) is 6.27. The minimum absolute atomic E-state index is 0.0190.